The van der Waals surface area contributed by atoms with Gasteiger partial charge in [0.25, 0.3) is 11.5 Å². The van der Waals surface area contributed by atoms with Crippen LogP contribution in [0, 0.1) is 5.82 Å². The maximum atomic E-state index is 13.1. The zero-order valence-corrected chi connectivity index (χ0v) is 14.8. The molecule has 1 aliphatic heterocycles. The highest BCUT2D eigenvalue weighted by molar-refractivity contribution is 5.92. The fourth-order valence-corrected chi connectivity index (χ4v) is 3.29. The number of nitrogens with one attached hydrogen (secondary N) is 1. The molecule has 0 saturated carbocycles. The number of H-pyrrole nitrogens is 1. The molecule has 4 rings (SSSR count). The van der Waals surface area contributed by atoms with E-state index in [1.54, 1.807) is 34.0 Å². The van der Waals surface area contributed by atoms with E-state index in [1.807, 2.05) is 6.92 Å². The monoisotopic (exact) mass is 367 g/mol. The lowest BCUT2D eigenvalue weighted by Gasteiger charge is -2.28. The third-order valence-corrected chi connectivity index (χ3v) is 4.71. The molecule has 3 aromatic rings. The number of benzene rings is 1. The van der Waals surface area contributed by atoms with Crippen LogP contribution in [-0.4, -0.2) is 37.1 Å². The SMILES string of the molecule is CCn1nccc1C(=O)N1CCc2c(nc(-c3ccc(F)cc3)[nH]c2=O)C1. The number of amides is 1. The molecule has 1 aliphatic rings. The van der Waals surface area contributed by atoms with E-state index in [0.717, 1.165) is 0 Å². The minimum atomic E-state index is -0.358. The minimum absolute atomic E-state index is 0.134. The van der Waals surface area contributed by atoms with Crippen LogP contribution in [-0.2, 0) is 19.5 Å². The summed E-state index contributed by atoms with van der Waals surface area (Å²) < 4.78 is 14.8. The van der Waals surface area contributed by atoms with Crippen LogP contribution < -0.4 is 5.56 Å². The average molecular weight is 367 g/mol. The highest BCUT2D eigenvalue weighted by Crippen LogP contribution is 2.20. The molecule has 8 heteroatoms. The second-order valence-corrected chi connectivity index (χ2v) is 6.36. The highest BCUT2D eigenvalue weighted by Gasteiger charge is 2.27. The minimum Gasteiger partial charge on any atom is -0.331 e. The number of aryl methyl sites for hydroxylation is 1. The Kier molecular flexibility index (Phi) is 4.31. The molecule has 27 heavy (non-hydrogen) atoms. The molecule has 0 bridgehead atoms. The van der Waals surface area contributed by atoms with Crippen LogP contribution in [0.3, 0.4) is 0 Å². The molecule has 3 heterocycles. The summed E-state index contributed by atoms with van der Waals surface area (Å²) in [5.74, 6) is -0.125. The Morgan fingerprint density at radius 3 is 2.78 bits per heavy atom. The Bertz CT molecular complexity index is 1050. The van der Waals surface area contributed by atoms with E-state index in [-0.39, 0.29) is 23.8 Å². The molecule has 7 nitrogen and oxygen atoms in total. The van der Waals surface area contributed by atoms with E-state index in [1.165, 1.54) is 12.1 Å². The number of nitrogens with zero attached hydrogens (tertiary/aromatic N) is 4. The van der Waals surface area contributed by atoms with Crippen LogP contribution >= 0.6 is 0 Å². The van der Waals surface area contributed by atoms with Crippen molar-refractivity contribution in [3.8, 4) is 11.4 Å². The Labute approximate surface area is 154 Å². The number of aromatic amines is 1. The fraction of sp³-hybridized carbons (Fsp3) is 0.263. The molecule has 0 spiro atoms. The zero-order chi connectivity index (χ0) is 19.0. The number of rotatable bonds is 3. The van der Waals surface area contributed by atoms with Crippen molar-refractivity contribution in [2.75, 3.05) is 6.54 Å². The molecule has 0 fully saturated rings. The number of carbonyl (C=O) groups excluding carboxylic acids is 1. The maximum Gasteiger partial charge on any atom is 0.272 e. The van der Waals surface area contributed by atoms with Crippen molar-refractivity contribution in [2.45, 2.75) is 26.4 Å². The van der Waals surface area contributed by atoms with E-state index >= 15 is 0 Å². The van der Waals surface area contributed by atoms with Gasteiger partial charge >= 0.3 is 0 Å². The van der Waals surface area contributed by atoms with Crippen molar-refractivity contribution in [1.29, 1.82) is 0 Å². The Balaban J connectivity index is 1.66. The molecule has 1 amide bonds. The van der Waals surface area contributed by atoms with Crippen molar-refractivity contribution in [2.24, 2.45) is 0 Å². The van der Waals surface area contributed by atoms with Gasteiger partial charge in [-0.3, -0.25) is 14.3 Å². The third kappa shape index (κ3) is 3.14. The van der Waals surface area contributed by atoms with Crippen molar-refractivity contribution >= 4 is 5.91 Å². The van der Waals surface area contributed by atoms with Gasteiger partial charge in [-0.15, -0.1) is 0 Å². The van der Waals surface area contributed by atoms with Crippen molar-refractivity contribution in [3.05, 3.63) is 69.7 Å². The van der Waals surface area contributed by atoms with Gasteiger partial charge in [0.1, 0.15) is 17.3 Å². The molecule has 1 N–H and O–H groups in total. The van der Waals surface area contributed by atoms with Gasteiger partial charge in [0.05, 0.1) is 12.2 Å². The molecular formula is C19H18FN5O2. The van der Waals surface area contributed by atoms with Crippen molar-refractivity contribution in [3.63, 3.8) is 0 Å². The summed E-state index contributed by atoms with van der Waals surface area (Å²) in [4.78, 5) is 34.2. The summed E-state index contributed by atoms with van der Waals surface area (Å²) in [5, 5.41) is 4.14. The topological polar surface area (TPSA) is 83.9 Å². The zero-order valence-electron chi connectivity index (χ0n) is 14.8. The Hall–Kier alpha value is -3.29. The summed E-state index contributed by atoms with van der Waals surface area (Å²) >= 11 is 0. The smallest absolute Gasteiger partial charge is 0.272 e. The van der Waals surface area contributed by atoms with Gasteiger partial charge in [0.2, 0.25) is 0 Å². The van der Waals surface area contributed by atoms with Crippen LogP contribution in [0.5, 0.6) is 0 Å². The van der Waals surface area contributed by atoms with E-state index < -0.39 is 0 Å². The molecule has 0 radical (unpaired) electrons. The first-order chi connectivity index (χ1) is 13.1. The Morgan fingerprint density at radius 1 is 1.26 bits per heavy atom. The lowest BCUT2D eigenvalue weighted by atomic mass is 10.1. The van der Waals surface area contributed by atoms with Crippen LogP contribution in [0.1, 0.15) is 28.7 Å². The van der Waals surface area contributed by atoms with Crippen LogP contribution in [0.25, 0.3) is 11.4 Å². The molecular weight excluding hydrogens is 349 g/mol. The standard InChI is InChI=1S/C19H18FN5O2/c1-2-25-16(7-9-21-25)19(27)24-10-8-14-15(11-24)22-17(23-18(14)26)12-3-5-13(20)6-4-12/h3-7,9H,2,8,10-11H2,1H3,(H,22,23,26). The third-order valence-electron chi connectivity index (χ3n) is 4.71. The molecule has 0 unspecified atom stereocenters. The number of hydrogen-bond donors (Lipinski definition) is 1. The first kappa shape index (κ1) is 17.1. The van der Waals surface area contributed by atoms with Crippen LogP contribution in [0.15, 0.2) is 41.3 Å². The molecule has 138 valence electrons. The van der Waals surface area contributed by atoms with Gasteiger partial charge in [0, 0.05) is 30.4 Å². The van der Waals surface area contributed by atoms with Crippen LogP contribution in [0.4, 0.5) is 4.39 Å². The number of hydrogen-bond acceptors (Lipinski definition) is 4. The number of carbonyl (C=O) groups is 1. The second kappa shape index (κ2) is 6.79. The molecule has 0 aliphatic carbocycles. The molecule has 0 atom stereocenters. The van der Waals surface area contributed by atoms with E-state index in [2.05, 4.69) is 15.1 Å². The predicted octanol–water partition coefficient (Wildman–Crippen LogP) is 1.99. The fourth-order valence-electron chi connectivity index (χ4n) is 3.29. The van der Waals surface area contributed by atoms with Crippen LogP contribution in [0.2, 0.25) is 0 Å². The van der Waals surface area contributed by atoms with Crippen molar-refractivity contribution in [1.82, 2.24) is 24.6 Å². The number of aromatic nitrogens is 4. The van der Waals surface area contributed by atoms with Gasteiger partial charge < -0.3 is 9.88 Å². The quantitative estimate of drug-likeness (QED) is 0.767. The highest BCUT2D eigenvalue weighted by atomic mass is 19.1. The lowest BCUT2D eigenvalue weighted by Crippen LogP contribution is -2.40. The normalized spacial score (nSPS) is 13.5. The summed E-state index contributed by atoms with van der Waals surface area (Å²) in [6.45, 7) is 3.22. The van der Waals surface area contributed by atoms with Gasteiger partial charge in [-0.25, -0.2) is 9.37 Å². The van der Waals surface area contributed by atoms with E-state index in [9.17, 15) is 14.0 Å². The van der Waals surface area contributed by atoms with E-state index in [4.69, 9.17) is 0 Å². The second-order valence-electron chi connectivity index (χ2n) is 6.36. The molecule has 0 saturated heterocycles. The molecule has 1 aromatic carbocycles. The largest absolute Gasteiger partial charge is 0.331 e. The van der Waals surface area contributed by atoms with Gasteiger partial charge in [0.15, 0.2) is 0 Å². The Morgan fingerprint density at radius 2 is 2.04 bits per heavy atom. The first-order valence-electron chi connectivity index (χ1n) is 8.76. The summed E-state index contributed by atoms with van der Waals surface area (Å²) in [7, 11) is 0. The summed E-state index contributed by atoms with van der Waals surface area (Å²) in [5.41, 5.74) is 2.08. The maximum absolute atomic E-state index is 13.1. The number of fused-ring (bicyclic) bond motifs is 1. The first-order valence-corrected chi connectivity index (χ1v) is 8.76. The van der Waals surface area contributed by atoms with Gasteiger partial charge in [-0.2, -0.15) is 5.10 Å². The summed E-state index contributed by atoms with van der Waals surface area (Å²) in [6, 6.07) is 7.45. The predicted molar refractivity (Wildman–Crippen MR) is 96.6 cm³/mol. The van der Waals surface area contributed by atoms with Gasteiger partial charge in [-0.05, 0) is 43.7 Å². The lowest BCUT2D eigenvalue weighted by molar-refractivity contribution is 0.0718. The average Bonchev–Trinajstić information content (AvgIpc) is 3.16. The molecule has 2 aromatic heterocycles. The number of halogens is 1. The van der Waals surface area contributed by atoms with Crippen molar-refractivity contribution < 1.29 is 9.18 Å². The van der Waals surface area contributed by atoms with E-state index in [0.29, 0.717) is 47.8 Å². The van der Waals surface area contributed by atoms with Gasteiger partial charge in [-0.1, -0.05) is 0 Å². The summed E-state index contributed by atoms with van der Waals surface area (Å²) in [6.07, 6.45) is 2.04.